The highest BCUT2D eigenvalue weighted by atomic mass is 19.1. The summed E-state index contributed by atoms with van der Waals surface area (Å²) in [5, 5.41) is 2.92. The van der Waals surface area contributed by atoms with Gasteiger partial charge in [0.1, 0.15) is 12.1 Å². The molecule has 1 aromatic carbocycles. The maximum absolute atomic E-state index is 13.4. The van der Waals surface area contributed by atoms with Gasteiger partial charge in [-0.2, -0.15) is 0 Å². The van der Waals surface area contributed by atoms with E-state index < -0.39 is 0 Å². The van der Waals surface area contributed by atoms with Gasteiger partial charge in [-0.15, -0.1) is 0 Å². The van der Waals surface area contributed by atoms with E-state index in [1.807, 2.05) is 0 Å². The average Bonchev–Trinajstić information content (AvgIpc) is 2.30. The van der Waals surface area contributed by atoms with Crippen molar-refractivity contribution in [2.45, 2.75) is 6.54 Å². The van der Waals surface area contributed by atoms with E-state index in [1.54, 1.807) is 24.5 Å². The van der Waals surface area contributed by atoms with E-state index in [0.717, 1.165) is 5.56 Å². The van der Waals surface area contributed by atoms with Crippen LogP contribution in [0.3, 0.4) is 0 Å². The van der Waals surface area contributed by atoms with Crippen LogP contribution in [0.15, 0.2) is 36.9 Å². The Hall–Kier alpha value is -2.17. The summed E-state index contributed by atoms with van der Waals surface area (Å²) in [4.78, 5) is 7.73. The number of halogens is 1. The Kier molecular flexibility index (Phi) is 2.95. The molecule has 4 nitrogen and oxygen atoms in total. The Morgan fingerprint density at radius 1 is 1.25 bits per heavy atom. The number of nitrogens with one attached hydrogen (secondary N) is 1. The Labute approximate surface area is 92.3 Å². The van der Waals surface area contributed by atoms with Crippen molar-refractivity contribution < 1.29 is 4.39 Å². The summed E-state index contributed by atoms with van der Waals surface area (Å²) in [5.74, 6) is -0.364. The number of aromatic nitrogens is 2. The summed E-state index contributed by atoms with van der Waals surface area (Å²) < 4.78 is 13.4. The minimum Gasteiger partial charge on any atom is -0.397 e. The van der Waals surface area contributed by atoms with Crippen molar-refractivity contribution in [2.75, 3.05) is 11.1 Å². The molecule has 0 aliphatic heterocycles. The summed E-state index contributed by atoms with van der Waals surface area (Å²) in [7, 11) is 0. The highest BCUT2D eigenvalue weighted by Crippen LogP contribution is 2.22. The van der Waals surface area contributed by atoms with Gasteiger partial charge in [-0.1, -0.05) is 6.07 Å². The van der Waals surface area contributed by atoms with Crippen molar-refractivity contribution in [3.05, 3.63) is 48.3 Å². The van der Waals surface area contributed by atoms with Crippen LogP contribution in [0.1, 0.15) is 5.56 Å². The predicted molar refractivity (Wildman–Crippen MR) is 60.2 cm³/mol. The quantitative estimate of drug-likeness (QED) is 0.771. The fourth-order valence-corrected chi connectivity index (χ4v) is 1.34. The fraction of sp³-hybridized carbons (Fsp3) is 0.0909. The number of anilines is 2. The van der Waals surface area contributed by atoms with Crippen LogP contribution in [-0.2, 0) is 6.54 Å². The van der Waals surface area contributed by atoms with Crippen molar-refractivity contribution >= 4 is 11.4 Å². The molecule has 0 radical (unpaired) electrons. The van der Waals surface area contributed by atoms with Crippen LogP contribution < -0.4 is 11.1 Å². The summed E-state index contributed by atoms with van der Waals surface area (Å²) in [5.41, 5.74) is 7.22. The van der Waals surface area contributed by atoms with Crippen LogP contribution in [0.2, 0.25) is 0 Å². The number of hydrogen-bond acceptors (Lipinski definition) is 4. The Morgan fingerprint density at radius 3 is 2.69 bits per heavy atom. The van der Waals surface area contributed by atoms with Crippen LogP contribution in [-0.4, -0.2) is 9.97 Å². The molecular weight excluding hydrogens is 207 g/mol. The zero-order chi connectivity index (χ0) is 11.4. The molecule has 0 fully saturated rings. The maximum Gasteiger partial charge on any atom is 0.148 e. The lowest BCUT2D eigenvalue weighted by molar-refractivity contribution is 0.630. The number of hydrogen-bond donors (Lipinski definition) is 2. The third kappa shape index (κ3) is 2.25. The molecule has 0 spiro atoms. The number of para-hydroxylation sites is 1. The van der Waals surface area contributed by atoms with E-state index in [4.69, 9.17) is 5.73 Å². The van der Waals surface area contributed by atoms with Crippen molar-refractivity contribution in [1.82, 2.24) is 9.97 Å². The minimum absolute atomic E-state index is 0.311. The van der Waals surface area contributed by atoms with Crippen molar-refractivity contribution in [3.63, 3.8) is 0 Å². The summed E-state index contributed by atoms with van der Waals surface area (Å²) in [6, 6.07) is 4.58. The van der Waals surface area contributed by atoms with Gasteiger partial charge < -0.3 is 11.1 Å². The van der Waals surface area contributed by atoms with Gasteiger partial charge in [0.05, 0.1) is 11.4 Å². The van der Waals surface area contributed by atoms with Crippen molar-refractivity contribution in [1.29, 1.82) is 0 Å². The maximum atomic E-state index is 13.4. The van der Waals surface area contributed by atoms with Gasteiger partial charge in [0.2, 0.25) is 0 Å². The minimum atomic E-state index is -0.364. The number of rotatable bonds is 3. The number of nitrogens with zero attached hydrogens (tertiary/aromatic N) is 2. The highest BCUT2D eigenvalue weighted by molar-refractivity contribution is 5.66. The van der Waals surface area contributed by atoms with Gasteiger partial charge in [0, 0.05) is 24.5 Å². The second-order valence-corrected chi connectivity index (χ2v) is 3.30. The lowest BCUT2D eigenvalue weighted by atomic mass is 10.2. The Balaban J connectivity index is 2.11. The summed E-state index contributed by atoms with van der Waals surface area (Å²) in [6.07, 6.45) is 4.77. The molecule has 5 heteroatoms. The van der Waals surface area contributed by atoms with E-state index in [2.05, 4.69) is 15.3 Å². The molecule has 2 rings (SSSR count). The van der Waals surface area contributed by atoms with Gasteiger partial charge in [0.25, 0.3) is 0 Å². The molecule has 0 atom stereocenters. The van der Waals surface area contributed by atoms with Crippen molar-refractivity contribution in [3.8, 4) is 0 Å². The zero-order valence-corrected chi connectivity index (χ0v) is 8.52. The Bertz CT molecular complexity index is 452. The van der Waals surface area contributed by atoms with Crippen LogP contribution in [0.25, 0.3) is 0 Å². The smallest absolute Gasteiger partial charge is 0.148 e. The third-order valence-electron chi connectivity index (χ3n) is 2.13. The molecule has 2 aromatic rings. The van der Waals surface area contributed by atoms with E-state index in [0.29, 0.717) is 17.9 Å². The monoisotopic (exact) mass is 218 g/mol. The van der Waals surface area contributed by atoms with E-state index in [9.17, 15) is 4.39 Å². The molecule has 82 valence electrons. The molecule has 0 saturated carbocycles. The molecule has 3 N–H and O–H groups in total. The summed E-state index contributed by atoms with van der Waals surface area (Å²) >= 11 is 0. The van der Waals surface area contributed by atoms with Gasteiger partial charge >= 0.3 is 0 Å². The summed E-state index contributed by atoms with van der Waals surface area (Å²) in [6.45, 7) is 0.436. The number of nitrogens with two attached hydrogens (primary N) is 1. The first-order valence-corrected chi connectivity index (χ1v) is 4.79. The first kappa shape index (κ1) is 10.4. The molecule has 0 bridgehead atoms. The molecule has 0 amide bonds. The van der Waals surface area contributed by atoms with Crippen molar-refractivity contribution in [2.24, 2.45) is 0 Å². The van der Waals surface area contributed by atoms with Gasteiger partial charge in [-0.25, -0.2) is 14.4 Å². The standard InChI is InChI=1S/C11H11FN4/c12-9-2-1-3-10(13)11(9)16-6-8-4-14-7-15-5-8/h1-5,7,16H,6,13H2. The van der Waals surface area contributed by atoms with Gasteiger partial charge in [-0.05, 0) is 12.1 Å². The molecule has 0 aliphatic rings. The SMILES string of the molecule is Nc1cccc(F)c1NCc1cncnc1. The second-order valence-electron chi connectivity index (χ2n) is 3.30. The molecule has 0 saturated heterocycles. The van der Waals surface area contributed by atoms with Crippen LogP contribution in [0.5, 0.6) is 0 Å². The van der Waals surface area contributed by atoms with E-state index >= 15 is 0 Å². The van der Waals surface area contributed by atoms with Crippen LogP contribution >= 0.6 is 0 Å². The lowest BCUT2D eigenvalue weighted by Crippen LogP contribution is -2.05. The first-order chi connectivity index (χ1) is 7.77. The number of benzene rings is 1. The first-order valence-electron chi connectivity index (χ1n) is 4.79. The highest BCUT2D eigenvalue weighted by Gasteiger charge is 2.04. The average molecular weight is 218 g/mol. The normalized spacial score (nSPS) is 10.1. The molecule has 0 aliphatic carbocycles. The third-order valence-corrected chi connectivity index (χ3v) is 2.13. The van der Waals surface area contributed by atoms with Gasteiger partial charge in [-0.3, -0.25) is 0 Å². The second kappa shape index (κ2) is 4.57. The van der Waals surface area contributed by atoms with Crippen LogP contribution in [0, 0.1) is 5.82 Å². The number of nitrogen functional groups attached to an aromatic ring is 1. The fourth-order valence-electron chi connectivity index (χ4n) is 1.34. The Morgan fingerprint density at radius 2 is 2.00 bits per heavy atom. The molecule has 1 heterocycles. The molecular formula is C11H11FN4. The lowest BCUT2D eigenvalue weighted by Gasteiger charge is -2.09. The van der Waals surface area contributed by atoms with E-state index in [1.165, 1.54) is 12.4 Å². The largest absolute Gasteiger partial charge is 0.397 e. The molecule has 1 aromatic heterocycles. The van der Waals surface area contributed by atoms with Crippen LogP contribution in [0.4, 0.5) is 15.8 Å². The van der Waals surface area contributed by atoms with Gasteiger partial charge in [0.15, 0.2) is 0 Å². The van der Waals surface area contributed by atoms with E-state index in [-0.39, 0.29) is 5.82 Å². The zero-order valence-electron chi connectivity index (χ0n) is 8.52. The molecule has 16 heavy (non-hydrogen) atoms. The topological polar surface area (TPSA) is 63.8 Å². The molecule has 0 unspecified atom stereocenters. The predicted octanol–water partition coefficient (Wildman–Crippen LogP) is 1.81.